The molecule has 4 N–H and O–H groups in total. The summed E-state index contributed by atoms with van der Waals surface area (Å²) in [7, 11) is 0. The third-order valence-electron chi connectivity index (χ3n) is 1.75. The lowest BCUT2D eigenvalue weighted by Crippen LogP contribution is -2.40. The lowest BCUT2D eigenvalue weighted by atomic mass is 10.2. The van der Waals surface area contributed by atoms with Gasteiger partial charge in [0.1, 0.15) is 0 Å². The molecule has 14 heavy (non-hydrogen) atoms. The predicted molar refractivity (Wildman–Crippen MR) is 45.8 cm³/mol. The molecular formula is C7H7N5O2. The second kappa shape index (κ2) is 3.13. The molecule has 1 aliphatic rings. The predicted octanol–water partition coefficient (Wildman–Crippen LogP) is -2.74. The van der Waals surface area contributed by atoms with Gasteiger partial charge in [0.2, 0.25) is 5.95 Å². The minimum Gasteiger partial charge on any atom is -0.368 e. The highest BCUT2D eigenvalue weighted by molar-refractivity contribution is 5.88. The molecule has 0 fully saturated rings. The van der Waals surface area contributed by atoms with Crippen LogP contribution in [0.5, 0.6) is 0 Å². The number of carbonyl (C=O) groups excluding carboxylic acids is 1. The molecule has 0 bridgehead atoms. The van der Waals surface area contributed by atoms with Gasteiger partial charge in [-0.1, -0.05) is 0 Å². The van der Waals surface area contributed by atoms with Crippen LogP contribution >= 0.6 is 0 Å². The first-order valence-corrected chi connectivity index (χ1v) is 3.79. The number of amides is 1. The monoisotopic (exact) mass is 193 g/mol. The van der Waals surface area contributed by atoms with Crippen LogP contribution in [0.2, 0.25) is 0 Å². The van der Waals surface area contributed by atoms with Gasteiger partial charge in [-0.05, 0) is 6.08 Å². The molecule has 0 radical (unpaired) electrons. The first kappa shape index (κ1) is 8.73. The van der Waals surface area contributed by atoms with Crippen LogP contribution in [-0.4, -0.2) is 22.0 Å². The van der Waals surface area contributed by atoms with Crippen molar-refractivity contribution in [2.75, 3.05) is 5.73 Å². The van der Waals surface area contributed by atoms with Crippen molar-refractivity contribution >= 4 is 17.9 Å². The van der Waals surface area contributed by atoms with Gasteiger partial charge < -0.3 is 5.73 Å². The second-order valence-electron chi connectivity index (χ2n) is 2.68. The topological polar surface area (TPSA) is 116 Å². The summed E-state index contributed by atoms with van der Waals surface area (Å²) in [6, 6.07) is 0. The summed E-state index contributed by atoms with van der Waals surface area (Å²) in [6.07, 6.45) is 2.08. The Hall–Kier alpha value is -1.86. The van der Waals surface area contributed by atoms with Crippen molar-refractivity contribution in [3.63, 3.8) is 0 Å². The number of nitrogens with two attached hydrogens (primary N) is 2. The van der Waals surface area contributed by atoms with Crippen LogP contribution in [0.3, 0.4) is 0 Å². The van der Waals surface area contributed by atoms with Crippen LogP contribution in [-0.2, 0) is 9.63 Å². The number of carbonyl (C=O) groups is 1. The first-order chi connectivity index (χ1) is 6.70. The summed E-state index contributed by atoms with van der Waals surface area (Å²) in [6.45, 7) is 0. The molecule has 1 atom stereocenters. The number of nitrogens with zero attached hydrogens (tertiary/aromatic N) is 3. The maximum absolute atomic E-state index is 11.2. The summed E-state index contributed by atoms with van der Waals surface area (Å²) in [5.74, 6) is 4.47. The van der Waals surface area contributed by atoms with Crippen molar-refractivity contribution in [3.05, 3.63) is 16.9 Å². The van der Waals surface area contributed by atoms with E-state index >= 15 is 0 Å². The summed E-state index contributed by atoms with van der Waals surface area (Å²) in [5.41, 5.74) is 5.58. The maximum atomic E-state index is 11.2. The van der Waals surface area contributed by atoms with E-state index in [4.69, 9.17) is 11.6 Å². The number of anilines is 1. The van der Waals surface area contributed by atoms with Crippen LogP contribution < -0.4 is 22.3 Å². The molecule has 0 spiro atoms. The fourth-order valence-corrected chi connectivity index (χ4v) is 1.10. The van der Waals surface area contributed by atoms with Gasteiger partial charge in [-0.2, -0.15) is 9.98 Å². The molecule has 1 aliphatic heterocycles. The Morgan fingerprint density at radius 3 is 3.00 bits per heavy atom. The minimum absolute atomic E-state index is 0.0702. The number of fused-ring (bicyclic) bond motifs is 1. The lowest BCUT2D eigenvalue weighted by Gasteiger charge is -2.07. The van der Waals surface area contributed by atoms with Crippen LogP contribution in [0.15, 0.2) is 11.2 Å². The van der Waals surface area contributed by atoms with Crippen molar-refractivity contribution in [1.82, 2.24) is 9.97 Å². The molecule has 7 nitrogen and oxygen atoms in total. The highest BCUT2D eigenvalue weighted by Crippen LogP contribution is 1.95. The van der Waals surface area contributed by atoms with Crippen molar-refractivity contribution in [1.29, 1.82) is 0 Å². The van der Waals surface area contributed by atoms with Gasteiger partial charge in [-0.3, -0.25) is 9.63 Å². The fourth-order valence-electron chi connectivity index (χ4n) is 1.10. The van der Waals surface area contributed by atoms with Gasteiger partial charge in [-0.15, -0.1) is 0 Å². The molecule has 1 aromatic heterocycles. The molecule has 0 aliphatic carbocycles. The third kappa shape index (κ3) is 1.34. The quantitative estimate of drug-likeness (QED) is 0.467. The van der Waals surface area contributed by atoms with Gasteiger partial charge in [-0.25, -0.2) is 10.9 Å². The number of hydrogen-bond acceptors (Lipinski definition) is 6. The Morgan fingerprint density at radius 2 is 2.29 bits per heavy atom. The molecule has 0 aromatic carbocycles. The zero-order chi connectivity index (χ0) is 10.1. The Kier molecular flexibility index (Phi) is 1.95. The molecule has 2 heterocycles. The van der Waals surface area contributed by atoms with Crippen molar-refractivity contribution in [3.8, 4) is 0 Å². The van der Waals surface area contributed by atoms with Crippen molar-refractivity contribution in [2.24, 2.45) is 10.9 Å². The van der Waals surface area contributed by atoms with E-state index in [0.29, 0.717) is 5.22 Å². The molecule has 1 aromatic rings. The van der Waals surface area contributed by atoms with E-state index in [1.165, 1.54) is 12.3 Å². The lowest BCUT2D eigenvalue weighted by molar-refractivity contribution is -0.126. The van der Waals surface area contributed by atoms with Gasteiger partial charge in [0.15, 0.2) is 11.6 Å². The molecule has 1 amide bonds. The third-order valence-corrected chi connectivity index (χ3v) is 1.75. The van der Waals surface area contributed by atoms with Gasteiger partial charge in [0.25, 0.3) is 5.91 Å². The zero-order valence-electron chi connectivity index (χ0n) is 7.04. The number of hydrogen-bond donors (Lipinski definition) is 2. The molecular weight excluding hydrogens is 186 g/mol. The second-order valence-corrected chi connectivity index (χ2v) is 2.68. The van der Waals surface area contributed by atoms with E-state index in [9.17, 15) is 4.79 Å². The van der Waals surface area contributed by atoms with E-state index in [1.54, 1.807) is 0 Å². The van der Waals surface area contributed by atoms with Gasteiger partial charge >= 0.3 is 0 Å². The van der Waals surface area contributed by atoms with Crippen LogP contribution in [0.1, 0.15) is 0 Å². The summed E-state index contributed by atoms with van der Waals surface area (Å²) >= 11 is 0. The number of nitrogen functional groups attached to an aromatic ring is 1. The maximum Gasteiger partial charge on any atom is 0.282 e. The minimum atomic E-state index is -0.866. The summed E-state index contributed by atoms with van der Waals surface area (Å²) < 4.78 is 0. The smallest absolute Gasteiger partial charge is 0.282 e. The van der Waals surface area contributed by atoms with Crippen molar-refractivity contribution in [2.45, 2.75) is 6.10 Å². The SMILES string of the molecule is NOC1C=c2cnc(N)nc2=NC1=O. The molecule has 72 valence electrons. The summed E-state index contributed by atoms with van der Waals surface area (Å²) in [4.78, 5) is 26.8. The van der Waals surface area contributed by atoms with E-state index in [1.807, 2.05) is 0 Å². The number of aromatic nitrogens is 2. The molecule has 2 rings (SSSR count). The Labute approximate surface area is 78.1 Å². The average molecular weight is 193 g/mol. The molecule has 0 saturated carbocycles. The summed E-state index contributed by atoms with van der Waals surface area (Å²) in [5, 5.41) is 0.578. The van der Waals surface area contributed by atoms with E-state index < -0.39 is 12.0 Å². The standard InChI is InChI=1S/C7H7N5O2/c8-7-10-2-3-1-4(14-9)6(13)11-5(3)12-7/h1-2,4H,9H2,(H2,8,11,12,13). The molecule has 1 unspecified atom stereocenters. The van der Waals surface area contributed by atoms with Crippen LogP contribution in [0, 0.1) is 0 Å². The van der Waals surface area contributed by atoms with Crippen LogP contribution in [0.4, 0.5) is 5.95 Å². The van der Waals surface area contributed by atoms with Gasteiger partial charge in [0.05, 0.1) is 0 Å². The Balaban J connectivity index is 2.66. The highest BCUT2D eigenvalue weighted by Gasteiger charge is 2.18. The number of rotatable bonds is 1. The zero-order valence-corrected chi connectivity index (χ0v) is 7.04. The largest absolute Gasteiger partial charge is 0.368 e. The van der Waals surface area contributed by atoms with E-state index in [0.717, 1.165) is 0 Å². The highest BCUT2D eigenvalue weighted by atomic mass is 16.6. The first-order valence-electron chi connectivity index (χ1n) is 3.79. The molecule has 7 heteroatoms. The fraction of sp³-hybridized carbons (Fsp3) is 0.143. The van der Waals surface area contributed by atoms with Crippen LogP contribution in [0.25, 0.3) is 6.08 Å². The average Bonchev–Trinajstić information content (AvgIpc) is 2.16. The van der Waals surface area contributed by atoms with E-state index in [2.05, 4.69) is 19.8 Å². The van der Waals surface area contributed by atoms with Crippen molar-refractivity contribution < 1.29 is 9.63 Å². The Bertz CT molecular complexity index is 497. The van der Waals surface area contributed by atoms with E-state index in [-0.39, 0.29) is 11.4 Å². The normalized spacial score (nSPS) is 19.5. The molecule has 0 saturated heterocycles. The van der Waals surface area contributed by atoms with Gasteiger partial charge in [0, 0.05) is 11.4 Å². The Morgan fingerprint density at radius 1 is 1.50 bits per heavy atom.